The van der Waals surface area contributed by atoms with Gasteiger partial charge in [-0.05, 0) is 215 Å². The van der Waals surface area contributed by atoms with Gasteiger partial charge in [0.15, 0.2) is 11.6 Å². The first-order chi connectivity index (χ1) is 65.5. The summed E-state index contributed by atoms with van der Waals surface area (Å²) >= 11 is 0. The first-order valence-electron chi connectivity index (χ1n) is 45.6. The van der Waals surface area contributed by atoms with Crippen molar-refractivity contribution in [3.63, 3.8) is 0 Å². The van der Waals surface area contributed by atoms with Crippen LogP contribution in [0.1, 0.15) is 44.5 Å². The van der Waals surface area contributed by atoms with Crippen LogP contribution in [0, 0.1) is 0 Å². The third kappa shape index (κ3) is 10.1. The van der Waals surface area contributed by atoms with E-state index in [1.54, 1.807) is 0 Å². The summed E-state index contributed by atoms with van der Waals surface area (Å²) in [5.74, 6) is 1.37. The largest absolute Gasteiger partial charge is 0.309 e. The summed E-state index contributed by atoms with van der Waals surface area (Å²) in [6.07, 6.45) is 0. The van der Waals surface area contributed by atoms with E-state index in [0.717, 1.165) is 72.8 Å². The molecule has 0 saturated carbocycles. The van der Waals surface area contributed by atoms with Gasteiger partial charge in [0, 0.05) is 54.9 Å². The number of benzene rings is 21. The van der Waals surface area contributed by atoms with E-state index in [1.807, 2.05) is 6.07 Å². The second-order valence-electron chi connectivity index (χ2n) is 36.0. The van der Waals surface area contributed by atoms with Gasteiger partial charge in [0.2, 0.25) is 0 Å². The van der Waals surface area contributed by atoms with Crippen LogP contribution in [0.4, 0.5) is 0 Å². The standard InChI is InChI=1S/C126H74N6/c1-3-28-78(29-4-1)123-127-111(73-112(128-123)83-59-63-87-80(69-83)58-55-75-27-7-8-32-85(75)87)77-56-53-76(54-57-77)89-65-67-110-122-120(89)99-41-17-22-50-115(99)132(122)118-52-24-21-47-107(118)126(110)104-45-19-16-40-98(104)119-88(42-25-48-108(119)126)82-62-68-116-102(71-82)97-43-26-49-109-121(97)131(116)117-51-23-20-46-106(117)125(109)103-44-18-15-38-95(103)101-70-81(61-66-105(101)125)86-33-9-14-39-96(86)114-74-113(129-124(130-114)79-30-5-2-6-31-79)84-60-64-94-92-36-11-10-34-90(92)91-35-12-13-37-93(91)100(94)72-84/h1-74H. The van der Waals surface area contributed by atoms with E-state index in [4.69, 9.17) is 19.9 Å². The maximum absolute atomic E-state index is 5.52. The van der Waals surface area contributed by atoms with Crippen molar-refractivity contribution in [2.24, 2.45) is 0 Å². The molecule has 6 heteroatoms. The van der Waals surface area contributed by atoms with Gasteiger partial charge in [-0.1, -0.05) is 388 Å². The molecule has 0 amide bonds. The molecule has 2 atom stereocenters. The summed E-state index contributed by atoms with van der Waals surface area (Å²) in [4.78, 5) is 21.6. The first kappa shape index (κ1) is 72.8. The Balaban J connectivity index is 0.559. The van der Waals surface area contributed by atoms with Crippen molar-refractivity contribution in [3.8, 4) is 135 Å². The fourth-order valence-corrected chi connectivity index (χ4v) is 24.0. The number of rotatable bonds is 9. The Morgan fingerprint density at radius 2 is 0.598 bits per heavy atom. The third-order valence-electron chi connectivity index (χ3n) is 29.5. The molecular weight excluding hydrogens is 1600 g/mol. The van der Waals surface area contributed by atoms with Crippen molar-refractivity contribution in [2.75, 3.05) is 0 Å². The van der Waals surface area contributed by atoms with Gasteiger partial charge in [0.05, 0.1) is 67.0 Å². The average Bonchev–Trinajstić information content (AvgIpc) is 1.50. The molecule has 29 rings (SSSR count). The van der Waals surface area contributed by atoms with Crippen LogP contribution in [0.25, 0.3) is 232 Å². The van der Waals surface area contributed by atoms with Crippen molar-refractivity contribution in [2.45, 2.75) is 10.8 Å². The summed E-state index contributed by atoms with van der Waals surface area (Å²) in [5, 5.41) is 17.1. The molecule has 6 heterocycles. The normalized spacial score (nSPS) is 14.7. The Hall–Kier alpha value is -17.3. The van der Waals surface area contributed by atoms with Crippen LogP contribution in [-0.2, 0) is 10.8 Å². The predicted octanol–water partition coefficient (Wildman–Crippen LogP) is 31.6. The van der Waals surface area contributed by atoms with Crippen LogP contribution in [0.15, 0.2) is 449 Å². The molecule has 0 radical (unpaired) electrons. The van der Waals surface area contributed by atoms with Crippen molar-refractivity contribution < 1.29 is 0 Å². The smallest absolute Gasteiger partial charge is 0.160 e. The van der Waals surface area contributed by atoms with Crippen molar-refractivity contribution >= 4 is 97.5 Å². The highest BCUT2D eigenvalue weighted by Gasteiger charge is 2.54. The lowest BCUT2D eigenvalue weighted by molar-refractivity contribution is 0.748. The highest BCUT2D eigenvalue weighted by molar-refractivity contribution is 6.26. The van der Waals surface area contributed by atoms with Crippen LogP contribution in [0.5, 0.6) is 0 Å². The van der Waals surface area contributed by atoms with Crippen molar-refractivity contribution in [3.05, 3.63) is 493 Å². The van der Waals surface area contributed by atoms with Gasteiger partial charge in [-0.25, -0.2) is 19.9 Å². The molecule has 2 aliphatic heterocycles. The fourth-order valence-electron chi connectivity index (χ4n) is 24.0. The lowest BCUT2D eigenvalue weighted by Crippen LogP contribution is -2.33. The van der Waals surface area contributed by atoms with Crippen LogP contribution < -0.4 is 0 Å². The first-order valence-corrected chi connectivity index (χ1v) is 45.6. The Labute approximate surface area is 760 Å². The molecule has 21 aromatic carbocycles. The lowest BCUT2D eigenvalue weighted by Gasteiger charge is -2.39. The summed E-state index contributed by atoms with van der Waals surface area (Å²) in [5.41, 5.74) is 37.4. The molecule has 25 aromatic rings. The molecule has 0 N–H and O–H groups in total. The van der Waals surface area contributed by atoms with E-state index in [2.05, 4.69) is 452 Å². The van der Waals surface area contributed by atoms with Gasteiger partial charge in [-0.2, -0.15) is 0 Å². The highest BCUT2D eigenvalue weighted by Crippen LogP contribution is 2.66. The van der Waals surface area contributed by atoms with E-state index in [0.29, 0.717) is 11.6 Å². The Bertz CT molecular complexity index is 9330. The minimum atomic E-state index is -0.701. The second kappa shape index (κ2) is 27.6. The predicted molar refractivity (Wildman–Crippen MR) is 544 cm³/mol. The van der Waals surface area contributed by atoms with E-state index in [-0.39, 0.29) is 0 Å². The molecule has 2 aliphatic carbocycles. The molecule has 0 bridgehead atoms. The molecule has 132 heavy (non-hydrogen) atoms. The number of aromatic nitrogens is 6. The van der Waals surface area contributed by atoms with Gasteiger partial charge in [0.25, 0.3) is 0 Å². The third-order valence-corrected chi connectivity index (χ3v) is 29.5. The fraction of sp³-hybridized carbons (Fsp3) is 0.0159. The maximum atomic E-state index is 5.52. The number of para-hydroxylation sites is 4. The van der Waals surface area contributed by atoms with E-state index in [9.17, 15) is 0 Å². The molecule has 0 saturated heterocycles. The minimum absolute atomic E-state index is 0.667. The van der Waals surface area contributed by atoms with E-state index < -0.39 is 10.8 Å². The lowest BCUT2D eigenvalue weighted by atomic mass is 9.65. The quantitative estimate of drug-likeness (QED) is 0.135. The second-order valence-corrected chi connectivity index (χ2v) is 36.0. The van der Waals surface area contributed by atoms with Gasteiger partial charge in [-0.3, -0.25) is 0 Å². The Morgan fingerprint density at radius 3 is 1.32 bits per heavy atom. The zero-order valence-electron chi connectivity index (χ0n) is 71.4. The topological polar surface area (TPSA) is 61.4 Å². The zero-order chi connectivity index (χ0) is 86.2. The molecule has 2 spiro atoms. The Morgan fingerprint density at radius 1 is 0.174 bits per heavy atom. The van der Waals surface area contributed by atoms with Gasteiger partial charge >= 0.3 is 0 Å². The highest BCUT2D eigenvalue weighted by atomic mass is 15.0. The summed E-state index contributed by atoms with van der Waals surface area (Å²) in [6.45, 7) is 0. The van der Waals surface area contributed by atoms with Crippen molar-refractivity contribution in [1.29, 1.82) is 0 Å². The SMILES string of the molecule is c1ccc(-c2nc(-c3ccc(-c4ccc5c6c4c4ccccc4n6-c4ccccc4C54c5ccccc5-c5c(-c6ccc7c(c6)c6cccc8c6n7-c6ccccc6C86c7ccccc7-c7cc(-c8ccccc8-c8cc(-c9ccc%10c%11ccccc%11c%11ccccc%11c%10c9)nc(-c9ccccc9)n8)ccc76)cccc54)cc3)cc(-c3ccc4c(ccc5ccccc54)c3)n2)cc1. The molecule has 4 aliphatic rings. The van der Waals surface area contributed by atoms with Gasteiger partial charge < -0.3 is 9.13 Å². The molecule has 608 valence electrons. The monoisotopic (exact) mass is 1670 g/mol. The molecular formula is C126H74N6. The number of nitrogens with zero attached hydrogens (tertiary/aromatic N) is 6. The van der Waals surface area contributed by atoms with Crippen LogP contribution in [0.2, 0.25) is 0 Å². The summed E-state index contributed by atoms with van der Waals surface area (Å²) in [7, 11) is 0. The number of hydrogen-bond acceptors (Lipinski definition) is 4. The van der Waals surface area contributed by atoms with Gasteiger partial charge in [-0.15, -0.1) is 0 Å². The van der Waals surface area contributed by atoms with Crippen molar-refractivity contribution in [1.82, 2.24) is 29.1 Å². The summed E-state index contributed by atoms with van der Waals surface area (Å²) in [6, 6.07) is 167. The molecule has 0 fully saturated rings. The average molecular weight is 1670 g/mol. The Kier molecular flexibility index (Phi) is 15.2. The minimum Gasteiger partial charge on any atom is -0.309 e. The maximum Gasteiger partial charge on any atom is 0.160 e. The molecule has 2 unspecified atom stereocenters. The number of hydrogen-bond donors (Lipinski definition) is 0. The van der Waals surface area contributed by atoms with E-state index >= 15 is 0 Å². The van der Waals surface area contributed by atoms with Gasteiger partial charge in [0.1, 0.15) is 0 Å². The van der Waals surface area contributed by atoms with E-state index in [1.165, 1.54) is 192 Å². The van der Waals surface area contributed by atoms with Crippen LogP contribution in [-0.4, -0.2) is 29.1 Å². The zero-order valence-corrected chi connectivity index (χ0v) is 71.4. The van der Waals surface area contributed by atoms with Crippen LogP contribution in [0.3, 0.4) is 0 Å². The summed E-state index contributed by atoms with van der Waals surface area (Å²) < 4.78 is 5.16. The molecule has 6 nitrogen and oxygen atoms in total. The molecule has 4 aromatic heterocycles. The number of fused-ring (bicyclic) bond motifs is 33. The van der Waals surface area contributed by atoms with Crippen LogP contribution >= 0.6 is 0 Å².